The molecule has 0 saturated heterocycles. The topological polar surface area (TPSA) is 33.2 Å². The third kappa shape index (κ3) is 3.68. The lowest BCUT2D eigenvalue weighted by Crippen LogP contribution is -2.26. The molecule has 1 amide bonds. The predicted octanol–water partition coefficient (Wildman–Crippen LogP) is 3.80. The van der Waals surface area contributed by atoms with Gasteiger partial charge in [0.15, 0.2) is 0 Å². The molecule has 20 heavy (non-hydrogen) atoms. The van der Waals surface area contributed by atoms with Gasteiger partial charge in [-0.1, -0.05) is 23.2 Å². The van der Waals surface area contributed by atoms with Gasteiger partial charge in [-0.05, 0) is 35.9 Å². The van der Waals surface area contributed by atoms with Gasteiger partial charge in [-0.15, -0.1) is 0 Å². The average Bonchev–Trinajstić information content (AvgIpc) is 2.37. The number of nitrogens with zero attached hydrogens (tertiary/aromatic N) is 2. The van der Waals surface area contributed by atoms with Gasteiger partial charge in [0.2, 0.25) is 5.95 Å². The van der Waals surface area contributed by atoms with Gasteiger partial charge in [-0.25, -0.2) is 4.98 Å². The van der Waals surface area contributed by atoms with Gasteiger partial charge in [-0.2, -0.15) is 4.39 Å². The van der Waals surface area contributed by atoms with Crippen LogP contribution in [0, 0.1) is 5.95 Å². The molecule has 1 aromatic carbocycles. The number of aromatic nitrogens is 1. The molecule has 0 aliphatic rings. The lowest BCUT2D eigenvalue weighted by Gasteiger charge is -2.17. The summed E-state index contributed by atoms with van der Waals surface area (Å²) in [5.74, 6) is -0.876. The number of hydrogen-bond acceptors (Lipinski definition) is 2. The van der Waals surface area contributed by atoms with Crippen LogP contribution in [-0.4, -0.2) is 22.8 Å². The Morgan fingerprint density at radius 3 is 2.45 bits per heavy atom. The third-order valence-electron chi connectivity index (χ3n) is 2.66. The highest BCUT2D eigenvalue weighted by atomic mass is 35.5. The van der Waals surface area contributed by atoms with E-state index in [4.69, 9.17) is 23.2 Å². The van der Waals surface area contributed by atoms with E-state index >= 15 is 0 Å². The van der Waals surface area contributed by atoms with Crippen molar-refractivity contribution in [3.8, 4) is 0 Å². The van der Waals surface area contributed by atoms with Crippen molar-refractivity contribution in [2.75, 3.05) is 7.05 Å². The zero-order valence-electron chi connectivity index (χ0n) is 10.6. The molecule has 104 valence electrons. The number of pyridine rings is 1. The summed E-state index contributed by atoms with van der Waals surface area (Å²) in [5, 5.41) is 1.02. The summed E-state index contributed by atoms with van der Waals surface area (Å²) in [7, 11) is 1.64. The Morgan fingerprint density at radius 1 is 1.25 bits per heavy atom. The molecule has 0 bridgehead atoms. The Balaban J connectivity index is 2.13. The Labute approximate surface area is 125 Å². The van der Waals surface area contributed by atoms with Gasteiger partial charge in [0.25, 0.3) is 5.91 Å². The fourth-order valence-corrected chi connectivity index (χ4v) is 2.34. The van der Waals surface area contributed by atoms with Crippen LogP contribution in [0.25, 0.3) is 0 Å². The monoisotopic (exact) mass is 312 g/mol. The maximum absolute atomic E-state index is 12.7. The Kier molecular flexibility index (Phi) is 4.57. The van der Waals surface area contributed by atoms with E-state index in [1.54, 1.807) is 25.2 Å². The second-order valence-electron chi connectivity index (χ2n) is 4.31. The first-order valence-electron chi connectivity index (χ1n) is 5.77. The Hall–Kier alpha value is -1.65. The van der Waals surface area contributed by atoms with Crippen molar-refractivity contribution in [1.29, 1.82) is 0 Å². The molecule has 2 rings (SSSR count). The van der Waals surface area contributed by atoms with Crippen LogP contribution < -0.4 is 0 Å². The van der Waals surface area contributed by atoms with Crippen LogP contribution >= 0.6 is 23.2 Å². The zero-order valence-corrected chi connectivity index (χ0v) is 12.1. The first-order chi connectivity index (χ1) is 9.45. The molecular formula is C14H11Cl2FN2O. The Bertz CT molecular complexity index is 611. The van der Waals surface area contributed by atoms with E-state index in [1.165, 1.54) is 17.2 Å². The Morgan fingerprint density at radius 2 is 1.90 bits per heavy atom. The van der Waals surface area contributed by atoms with E-state index in [2.05, 4.69) is 4.98 Å². The summed E-state index contributed by atoms with van der Waals surface area (Å²) in [6.45, 7) is 0.344. The second-order valence-corrected chi connectivity index (χ2v) is 5.18. The van der Waals surface area contributed by atoms with Crippen LogP contribution in [0.2, 0.25) is 10.0 Å². The molecule has 2 aromatic rings. The summed E-state index contributed by atoms with van der Waals surface area (Å²) in [6.07, 6.45) is 1.21. The molecule has 0 spiro atoms. The summed E-state index contributed by atoms with van der Waals surface area (Å²) in [4.78, 5) is 17.1. The lowest BCUT2D eigenvalue weighted by molar-refractivity contribution is 0.0784. The van der Waals surface area contributed by atoms with Crippen LogP contribution in [0.5, 0.6) is 0 Å². The molecule has 6 heteroatoms. The van der Waals surface area contributed by atoms with Crippen molar-refractivity contribution in [3.05, 3.63) is 63.6 Å². The number of benzene rings is 1. The summed E-state index contributed by atoms with van der Waals surface area (Å²) in [5.41, 5.74) is 1.13. The van der Waals surface area contributed by atoms with E-state index in [-0.39, 0.29) is 5.91 Å². The van der Waals surface area contributed by atoms with Crippen molar-refractivity contribution in [3.63, 3.8) is 0 Å². The molecule has 0 atom stereocenters. The molecule has 0 unspecified atom stereocenters. The lowest BCUT2D eigenvalue weighted by atomic mass is 10.2. The molecule has 0 radical (unpaired) electrons. The minimum absolute atomic E-state index is 0.256. The standard InChI is InChI=1S/C14H11Cl2FN2O/c1-19(8-9-4-11(15)6-12(16)5-9)14(20)10-2-3-13(17)18-7-10/h2-7H,8H2,1H3. The SMILES string of the molecule is CN(Cc1cc(Cl)cc(Cl)c1)C(=O)c1ccc(F)nc1. The third-order valence-corrected chi connectivity index (χ3v) is 3.10. The quantitative estimate of drug-likeness (QED) is 0.808. The minimum Gasteiger partial charge on any atom is -0.337 e. The number of amides is 1. The van der Waals surface area contributed by atoms with Crippen LogP contribution in [0.4, 0.5) is 4.39 Å². The number of carbonyl (C=O) groups is 1. The first kappa shape index (κ1) is 14.8. The highest BCUT2D eigenvalue weighted by Gasteiger charge is 2.13. The van der Waals surface area contributed by atoms with Gasteiger partial charge in [0.1, 0.15) is 0 Å². The van der Waals surface area contributed by atoms with Crippen LogP contribution in [-0.2, 0) is 6.54 Å². The van der Waals surface area contributed by atoms with E-state index < -0.39 is 5.95 Å². The first-order valence-corrected chi connectivity index (χ1v) is 6.53. The largest absolute Gasteiger partial charge is 0.337 e. The van der Waals surface area contributed by atoms with Crippen molar-refractivity contribution in [2.24, 2.45) is 0 Å². The fourth-order valence-electron chi connectivity index (χ4n) is 1.77. The molecule has 0 saturated carbocycles. The zero-order chi connectivity index (χ0) is 14.7. The maximum Gasteiger partial charge on any atom is 0.255 e. The summed E-state index contributed by atoms with van der Waals surface area (Å²) >= 11 is 11.8. The van der Waals surface area contributed by atoms with E-state index in [1.807, 2.05) is 0 Å². The number of rotatable bonds is 3. The normalized spacial score (nSPS) is 10.4. The summed E-state index contributed by atoms with van der Waals surface area (Å²) in [6, 6.07) is 7.64. The van der Waals surface area contributed by atoms with E-state index in [9.17, 15) is 9.18 Å². The number of carbonyl (C=O) groups excluding carboxylic acids is 1. The van der Waals surface area contributed by atoms with Crippen molar-refractivity contribution in [1.82, 2.24) is 9.88 Å². The summed E-state index contributed by atoms with van der Waals surface area (Å²) < 4.78 is 12.7. The van der Waals surface area contributed by atoms with E-state index in [0.29, 0.717) is 22.2 Å². The van der Waals surface area contributed by atoms with Crippen molar-refractivity contribution in [2.45, 2.75) is 6.54 Å². The number of hydrogen-bond donors (Lipinski definition) is 0. The van der Waals surface area contributed by atoms with Gasteiger partial charge >= 0.3 is 0 Å². The van der Waals surface area contributed by atoms with Crippen molar-refractivity contribution >= 4 is 29.1 Å². The molecule has 0 aliphatic carbocycles. The molecule has 3 nitrogen and oxygen atoms in total. The second kappa shape index (κ2) is 6.20. The minimum atomic E-state index is -0.620. The smallest absolute Gasteiger partial charge is 0.255 e. The van der Waals surface area contributed by atoms with Gasteiger partial charge in [0.05, 0.1) is 5.56 Å². The van der Waals surface area contributed by atoms with E-state index in [0.717, 1.165) is 11.6 Å². The fraction of sp³-hybridized carbons (Fsp3) is 0.143. The van der Waals surface area contributed by atoms with Crippen LogP contribution in [0.3, 0.4) is 0 Å². The average molecular weight is 313 g/mol. The molecule has 1 aromatic heterocycles. The molecule has 0 N–H and O–H groups in total. The molecule has 0 aliphatic heterocycles. The van der Waals surface area contributed by atoms with Gasteiger partial charge < -0.3 is 4.90 Å². The molecule has 0 fully saturated rings. The van der Waals surface area contributed by atoms with Crippen LogP contribution in [0.1, 0.15) is 15.9 Å². The van der Waals surface area contributed by atoms with Gasteiger partial charge in [-0.3, -0.25) is 4.79 Å². The molecular weight excluding hydrogens is 302 g/mol. The van der Waals surface area contributed by atoms with Crippen molar-refractivity contribution < 1.29 is 9.18 Å². The predicted molar refractivity (Wildman–Crippen MR) is 76.5 cm³/mol. The molecule has 1 heterocycles. The van der Waals surface area contributed by atoms with Crippen LogP contribution in [0.15, 0.2) is 36.5 Å². The maximum atomic E-state index is 12.7. The van der Waals surface area contributed by atoms with Gasteiger partial charge in [0, 0.05) is 29.8 Å². The highest BCUT2D eigenvalue weighted by molar-refractivity contribution is 6.34. The number of halogens is 3. The highest BCUT2D eigenvalue weighted by Crippen LogP contribution is 2.20.